The highest BCUT2D eigenvalue weighted by Gasteiger charge is 2.23. The summed E-state index contributed by atoms with van der Waals surface area (Å²) in [5, 5.41) is 4.54. The molecule has 0 unspecified atom stereocenters. The monoisotopic (exact) mass is 341 g/mol. The summed E-state index contributed by atoms with van der Waals surface area (Å²) >= 11 is 11.5. The van der Waals surface area contributed by atoms with Crippen LogP contribution in [0.1, 0.15) is 12.5 Å². The van der Waals surface area contributed by atoms with Crippen molar-refractivity contribution < 1.29 is 9.53 Å². The van der Waals surface area contributed by atoms with Gasteiger partial charge in [-0.15, -0.1) is 0 Å². The predicted octanol–water partition coefficient (Wildman–Crippen LogP) is 3.12. The molecule has 1 aromatic carbocycles. The zero-order chi connectivity index (χ0) is 16.1. The van der Waals surface area contributed by atoms with E-state index in [9.17, 15) is 4.79 Å². The van der Waals surface area contributed by atoms with Crippen molar-refractivity contribution in [1.82, 2.24) is 9.80 Å². The van der Waals surface area contributed by atoms with E-state index in [1.807, 2.05) is 30.0 Å². The molecule has 0 aliphatic carbocycles. The van der Waals surface area contributed by atoms with Crippen molar-refractivity contribution >= 4 is 40.7 Å². The van der Waals surface area contributed by atoms with Gasteiger partial charge in [0, 0.05) is 36.9 Å². The molecule has 1 aromatic rings. The molecule has 0 bridgehead atoms. The van der Waals surface area contributed by atoms with Gasteiger partial charge in [0.15, 0.2) is 5.11 Å². The van der Waals surface area contributed by atoms with E-state index in [1.165, 1.54) is 0 Å². The molecule has 0 atom stereocenters. The maximum Gasteiger partial charge on any atom is 0.409 e. The highest BCUT2D eigenvalue weighted by Crippen LogP contribution is 2.20. The molecule has 1 saturated heterocycles. The van der Waals surface area contributed by atoms with Gasteiger partial charge < -0.3 is 19.9 Å². The lowest BCUT2D eigenvalue weighted by atomic mass is 10.2. The molecule has 1 N–H and O–H groups in total. The minimum Gasteiger partial charge on any atom is -0.450 e. The molecule has 0 saturated carbocycles. The molecule has 2 rings (SSSR count). The topological polar surface area (TPSA) is 44.8 Å². The number of carbonyl (C=O) groups excluding carboxylic acids is 1. The number of amides is 1. The Morgan fingerprint density at radius 3 is 2.55 bits per heavy atom. The van der Waals surface area contributed by atoms with Crippen LogP contribution in [-0.2, 0) is 4.74 Å². The van der Waals surface area contributed by atoms with Crippen LogP contribution in [0.4, 0.5) is 10.5 Å². The van der Waals surface area contributed by atoms with E-state index in [0.717, 1.165) is 11.3 Å². The lowest BCUT2D eigenvalue weighted by molar-refractivity contribution is 0.0923. The fourth-order valence-corrected chi connectivity index (χ4v) is 2.66. The van der Waals surface area contributed by atoms with Crippen molar-refractivity contribution in [2.45, 2.75) is 13.8 Å². The molecule has 22 heavy (non-hydrogen) atoms. The Bertz CT molecular complexity index is 560. The second-order valence-electron chi connectivity index (χ2n) is 5.07. The largest absolute Gasteiger partial charge is 0.450 e. The second-order valence-corrected chi connectivity index (χ2v) is 5.86. The number of piperazine rings is 1. The summed E-state index contributed by atoms with van der Waals surface area (Å²) in [6.45, 7) is 6.74. The van der Waals surface area contributed by atoms with Crippen LogP contribution < -0.4 is 5.32 Å². The Morgan fingerprint density at radius 2 is 1.95 bits per heavy atom. The standard InChI is InChI=1S/C15H20ClN3O2S/c1-3-21-15(20)19-8-6-18(7-9-19)14(22)17-12-5-4-11(2)13(16)10-12/h4-5,10H,3,6-9H2,1-2H3,(H,17,22). The number of anilines is 1. The van der Waals surface area contributed by atoms with Crippen molar-refractivity contribution in [3.8, 4) is 0 Å². The summed E-state index contributed by atoms with van der Waals surface area (Å²) in [6, 6.07) is 5.76. The zero-order valence-corrected chi connectivity index (χ0v) is 14.3. The molecule has 1 heterocycles. The van der Waals surface area contributed by atoms with Crippen molar-refractivity contribution in [3.05, 3.63) is 28.8 Å². The minimum absolute atomic E-state index is 0.258. The van der Waals surface area contributed by atoms with Gasteiger partial charge in [0.05, 0.1) is 6.61 Å². The summed E-state index contributed by atoms with van der Waals surface area (Å²) in [7, 11) is 0. The summed E-state index contributed by atoms with van der Waals surface area (Å²) in [4.78, 5) is 15.4. The van der Waals surface area contributed by atoms with E-state index < -0.39 is 0 Å². The van der Waals surface area contributed by atoms with Crippen molar-refractivity contribution in [2.75, 3.05) is 38.1 Å². The Balaban J connectivity index is 1.87. The molecule has 1 fully saturated rings. The maximum atomic E-state index is 11.7. The first-order chi connectivity index (χ1) is 10.5. The zero-order valence-electron chi connectivity index (χ0n) is 12.8. The maximum absolute atomic E-state index is 11.7. The summed E-state index contributed by atoms with van der Waals surface area (Å²) in [5.41, 5.74) is 1.90. The molecule has 0 radical (unpaired) electrons. The molecule has 1 amide bonds. The number of carbonyl (C=O) groups is 1. The van der Waals surface area contributed by atoms with E-state index in [0.29, 0.717) is 42.9 Å². The molecule has 0 spiro atoms. The highest BCUT2D eigenvalue weighted by atomic mass is 35.5. The van der Waals surface area contributed by atoms with Gasteiger partial charge in [0.25, 0.3) is 0 Å². The number of ether oxygens (including phenoxy) is 1. The van der Waals surface area contributed by atoms with Crippen molar-refractivity contribution in [3.63, 3.8) is 0 Å². The minimum atomic E-state index is -0.258. The van der Waals surface area contributed by atoms with Crippen molar-refractivity contribution in [1.29, 1.82) is 0 Å². The lowest BCUT2D eigenvalue weighted by Crippen LogP contribution is -2.51. The number of benzene rings is 1. The molecule has 7 heteroatoms. The number of thiocarbonyl (C=S) groups is 1. The van der Waals surface area contributed by atoms with E-state index in [-0.39, 0.29) is 6.09 Å². The number of rotatable bonds is 2. The molecule has 1 aliphatic rings. The van der Waals surface area contributed by atoms with E-state index in [1.54, 1.807) is 11.8 Å². The van der Waals surface area contributed by atoms with Gasteiger partial charge in [-0.05, 0) is 43.8 Å². The molecule has 5 nitrogen and oxygen atoms in total. The first-order valence-electron chi connectivity index (χ1n) is 7.25. The average Bonchev–Trinajstić information content (AvgIpc) is 2.51. The van der Waals surface area contributed by atoms with Crippen LogP contribution in [0.15, 0.2) is 18.2 Å². The van der Waals surface area contributed by atoms with Crippen LogP contribution in [-0.4, -0.2) is 53.8 Å². The Kier molecular flexibility index (Phi) is 5.85. The van der Waals surface area contributed by atoms with Gasteiger partial charge in [-0.3, -0.25) is 0 Å². The van der Waals surface area contributed by atoms with Gasteiger partial charge in [0.1, 0.15) is 0 Å². The predicted molar refractivity (Wildman–Crippen MR) is 92.6 cm³/mol. The van der Waals surface area contributed by atoms with Gasteiger partial charge in [0.2, 0.25) is 0 Å². The fourth-order valence-electron chi connectivity index (χ4n) is 2.18. The summed E-state index contributed by atoms with van der Waals surface area (Å²) in [6.07, 6.45) is -0.258. The quantitative estimate of drug-likeness (QED) is 0.837. The number of hydrogen-bond donors (Lipinski definition) is 1. The number of nitrogens with zero attached hydrogens (tertiary/aromatic N) is 2. The van der Waals surface area contributed by atoms with Crippen LogP contribution >= 0.6 is 23.8 Å². The number of nitrogens with one attached hydrogen (secondary N) is 1. The first-order valence-corrected chi connectivity index (χ1v) is 8.03. The smallest absolute Gasteiger partial charge is 0.409 e. The molecule has 120 valence electrons. The van der Waals surface area contributed by atoms with Gasteiger partial charge in [-0.2, -0.15) is 0 Å². The normalized spacial score (nSPS) is 14.7. The van der Waals surface area contributed by atoms with Crippen LogP contribution in [0.3, 0.4) is 0 Å². The molecule has 0 aromatic heterocycles. The Morgan fingerprint density at radius 1 is 1.32 bits per heavy atom. The fraction of sp³-hybridized carbons (Fsp3) is 0.467. The van der Waals surface area contributed by atoms with Gasteiger partial charge in [-0.1, -0.05) is 17.7 Å². The second kappa shape index (κ2) is 7.65. The number of halogens is 1. The van der Waals surface area contributed by atoms with E-state index in [4.69, 9.17) is 28.6 Å². The number of hydrogen-bond acceptors (Lipinski definition) is 3. The first kappa shape index (κ1) is 16.8. The Labute approximate surface area is 141 Å². The van der Waals surface area contributed by atoms with Crippen LogP contribution in [0, 0.1) is 6.92 Å². The molecular formula is C15H20ClN3O2S. The van der Waals surface area contributed by atoms with E-state index >= 15 is 0 Å². The summed E-state index contributed by atoms with van der Waals surface area (Å²) in [5.74, 6) is 0. The molecule has 1 aliphatic heterocycles. The van der Waals surface area contributed by atoms with Gasteiger partial charge >= 0.3 is 6.09 Å². The van der Waals surface area contributed by atoms with Crippen LogP contribution in [0.25, 0.3) is 0 Å². The SMILES string of the molecule is CCOC(=O)N1CCN(C(=S)Nc2ccc(C)c(Cl)c2)CC1. The van der Waals surface area contributed by atoms with Crippen LogP contribution in [0.2, 0.25) is 5.02 Å². The van der Waals surface area contributed by atoms with Crippen LogP contribution in [0.5, 0.6) is 0 Å². The molecular weight excluding hydrogens is 322 g/mol. The third-order valence-corrected chi connectivity index (χ3v) is 4.28. The summed E-state index contributed by atoms with van der Waals surface area (Å²) < 4.78 is 5.00. The third kappa shape index (κ3) is 4.24. The average molecular weight is 342 g/mol. The Hall–Kier alpha value is -1.53. The lowest BCUT2D eigenvalue weighted by Gasteiger charge is -2.35. The van der Waals surface area contributed by atoms with Gasteiger partial charge in [-0.25, -0.2) is 4.79 Å². The highest BCUT2D eigenvalue weighted by molar-refractivity contribution is 7.80. The number of aryl methyl sites for hydroxylation is 1. The van der Waals surface area contributed by atoms with E-state index in [2.05, 4.69) is 5.32 Å². The van der Waals surface area contributed by atoms with Crippen molar-refractivity contribution in [2.24, 2.45) is 0 Å². The third-order valence-electron chi connectivity index (χ3n) is 3.52.